The van der Waals surface area contributed by atoms with Crippen LogP contribution in [0.1, 0.15) is 5.56 Å². The minimum absolute atomic E-state index is 0.0597. The maximum atomic E-state index is 12.1. The summed E-state index contributed by atoms with van der Waals surface area (Å²) in [5.41, 5.74) is 5.59. The summed E-state index contributed by atoms with van der Waals surface area (Å²) in [4.78, 5) is 24.1. The molecule has 0 bridgehead atoms. The molecule has 0 aromatic heterocycles. The van der Waals surface area contributed by atoms with Crippen LogP contribution in [0.2, 0.25) is 0 Å². The zero-order chi connectivity index (χ0) is 23.8. The van der Waals surface area contributed by atoms with Crippen LogP contribution >= 0.6 is 44.1 Å². The molecule has 0 aliphatic rings. The zero-order valence-corrected chi connectivity index (χ0v) is 21.3. The lowest BCUT2D eigenvalue weighted by Gasteiger charge is -2.12. The number of para-hydroxylation sites is 1. The number of ether oxygens (including phenoxy) is 2. The molecule has 2 amide bonds. The molecule has 0 radical (unpaired) electrons. The van der Waals surface area contributed by atoms with Crippen molar-refractivity contribution >= 4 is 77.9 Å². The van der Waals surface area contributed by atoms with E-state index in [2.05, 4.69) is 48.0 Å². The predicted octanol–water partition coefficient (Wildman–Crippen LogP) is 4.49. The second-order valence-electron chi connectivity index (χ2n) is 6.60. The van der Waals surface area contributed by atoms with Crippen molar-refractivity contribution in [1.29, 1.82) is 0 Å². The number of rotatable bonds is 6. The largest absolute Gasteiger partial charge is 0.496 e. The van der Waals surface area contributed by atoms with Crippen LogP contribution in [0.5, 0.6) is 11.5 Å². The van der Waals surface area contributed by atoms with Crippen molar-refractivity contribution in [3.05, 3.63) is 75.2 Å². The Hall–Kier alpha value is -2.95. The van der Waals surface area contributed by atoms with Gasteiger partial charge in [0.15, 0.2) is 11.7 Å². The first-order valence-electron chi connectivity index (χ1n) is 9.59. The number of hydrogen-bond donors (Lipinski definition) is 3. The molecule has 0 fully saturated rings. The van der Waals surface area contributed by atoms with Crippen molar-refractivity contribution in [1.82, 2.24) is 16.2 Å². The van der Waals surface area contributed by atoms with E-state index in [9.17, 15) is 9.59 Å². The molecule has 10 heteroatoms. The highest BCUT2D eigenvalue weighted by Crippen LogP contribution is 2.34. The number of hydrogen-bond acceptors (Lipinski definition) is 5. The highest BCUT2D eigenvalue weighted by molar-refractivity contribution is 9.11. The monoisotopic (exact) mass is 591 g/mol. The molecule has 0 aliphatic heterocycles. The van der Waals surface area contributed by atoms with Crippen LogP contribution in [-0.2, 0) is 9.59 Å². The molecule has 0 saturated carbocycles. The SMILES string of the molecule is COc1ccccc1/C=C/C(=O)NC(=S)NNC(=O)COc1ccc2cc(Br)ccc2c1Br. The maximum absolute atomic E-state index is 12.1. The molecule has 0 saturated heterocycles. The van der Waals surface area contributed by atoms with Crippen LogP contribution in [0.15, 0.2) is 69.6 Å². The average molecular weight is 593 g/mol. The Morgan fingerprint density at radius 1 is 1.03 bits per heavy atom. The molecule has 3 aromatic carbocycles. The van der Waals surface area contributed by atoms with E-state index < -0.39 is 11.8 Å². The highest BCUT2D eigenvalue weighted by Gasteiger charge is 2.10. The normalized spacial score (nSPS) is 10.6. The van der Waals surface area contributed by atoms with E-state index in [4.69, 9.17) is 21.7 Å². The van der Waals surface area contributed by atoms with E-state index in [-0.39, 0.29) is 11.7 Å². The predicted molar refractivity (Wildman–Crippen MR) is 139 cm³/mol. The molecule has 0 heterocycles. The highest BCUT2D eigenvalue weighted by atomic mass is 79.9. The third kappa shape index (κ3) is 7.01. The summed E-state index contributed by atoms with van der Waals surface area (Å²) in [7, 11) is 1.55. The Morgan fingerprint density at radius 2 is 1.82 bits per heavy atom. The average Bonchev–Trinajstić information content (AvgIpc) is 2.81. The van der Waals surface area contributed by atoms with Gasteiger partial charge in [0.25, 0.3) is 5.91 Å². The first-order chi connectivity index (χ1) is 15.9. The van der Waals surface area contributed by atoms with Gasteiger partial charge >= 0.3 is 0 Å². The Balaban J connectivity index is 1.46. The number of amides is 2. The molecular formula is C23H19Br2N3O4S. The first kappa shape index (κ1) is 24.7. The summed E-state index contributed by atoms with van der Waals surface area (Å²) >= 11 is 12.0. The second kappa shape index (κ2) is 11.8. The van der Waals surface area contributed by atoms with Gasteiger partial charge in [0.05, 0.1) is 11.6 Å². The number of fused-ring (bicyclic) bond motifs is 1. The number of benzene rings is 3. The fourth-order valence-corrected chi connectivity index (χ4v) is 3.95. The third-order valence-corrected chi connectivity index (χ3v) is 5.86. The van der Waals surface area contributed by atoms with Crippen LogP contribution in [0.25, 0.3) is 16.8 Å². The number of halogens is 2. The van der Waals surface area contributed by atoms with E-state index >= 15 is 0 Å². The molecule has 3 N–H and O–H groups in total. The Labute approximate surface area is 212 Å². The van der Waals surface area contributed by atoms with Crippen LogP contribution in [0.4, 0.5) is 0 Å². The number of hydrazine groups is 1. The van der Waals surface area contributed by atoms with Crippen molar-refractivity contribution in [3.8, 4) is 11.5 Å². The lowest BCUT2D eigenvalue weighted by atomic mass is 10.1. The summed E-state index contributed by atoms with van der Waals surface area (Å²) in [6.07, 6.45) is 2.91. The van der Waals surface area contributed by atoms with Gasteiger partial charge < -0.3 is 9.47 Å². The number of thiocarbonyl (C=S) groups is 1. The quantitative estimate of drug-likeness (QED) is 0.222. The standard InChI is InChI=1S/C23H19Br2N3O4S/c1-31-18-5-3-2-4-14(18)7-11-20(29)26-23(33)28-27-21(30)13-32-19-10-6-15-12-16(24)8-9-17(15)22(19)25/h2-12H,13H2,1H3,(H,27,30)(H2,26,28,29,33)/b11-7+. The summed E-state index contributed by atoms with van der Waals surface area (Å²) in [5, 5.41) is 4.36. The van der Waals surface area contributed by atoms with Crippen LogP contribution < -0.4 is 25.6 Å². The molecule has 0 atom stereocenters. The molecule has 0 unspecified atom stereocenters. The van der Waals surface area contributed by atoms with Gasteiger partial charge in [-0.25, -0.2) is 0 Å². The van der Waals surface area contributed by atoms with Gasteiger partial charge in [-0.05, 0) is 69.3 Å². The van der Waals surface area contributed by atoms with E-state index in [0.717, 1.165) is 25.3 Å². The van der Waals surface area contributed by atoms with Gasteiger partial charge in [0.1, 0.15) is 11.5 Å². The van der Waals surface area contributed by atoms with Gasteiger partial charge in [-0.2, -0.15) is 0 Å². The van der Waals surface area contributed by atoms with E-state index in [1.54, 1.807) is 25.3 Å². The number of nitrogens with one attached hydrogen (secondary N) is 3. The number of carbonyl (C=O) groups is 2. The second-order valence-corrected chi connectivity index (χ2v) is 8.72. The van der Waals surface area contributed by atoms with Gasteiger partial charge in [0.2, 0.25) is 5.91 Å². The molecule has 170 valence electrons. The van der Waals surface area contributed by atoms with Crippen LogP contribution in [0.3, 0.4) is 0 Å². The molecule has 3 aromatic rings. The van der Waals surface area contributed by atoms with Gasteiger partial charge in [-0.15, -0.1) is 0 Å². The van der Waals surface area contributed by atoms with Gasteiger partial charge in [-0.1, -0.05) is 46.3 Å². The van der Waals surface area contributed by atoms with Crippen molar-refractivity contribution < 1.29 is 19.1 Å². The van der Waals surface area contributed by atoms with Crippen molar-refractivity contribution in [3.63, 3.8) is 0 Å². The van der Waals surface area contributed by atoms with Crippen LogP contribution in [0, 0.1) is 0 Å². The summed E-state index contributed by atoms with van der Waals surface area (Å²) < 4.78 is 12.5. The van der Waals surface area contributed by atoms with Crippen molar-refractivity contribution in [2.24, 2.45) is 0 Å². The number of carbonyl (C=O) groups excluding carboxylic acids is 2. The van der Waals surface area contributed by atoms with Gasteiger partial charge in [0, 0.05) is 16.1 Å². The number of methoxy groups -OCH3 is 1. The molecule has 0 aliphatic carbocycles. The van der Waals surface area contributed by atoms with Crippen molar-refractivity contribution in [2.45, 2.75) is 0 Å². The summed E-state index contributed by atoms with van der Waals surface area (Å²) in [6.45, 7) is -0.252. The molecule has 3 rings (SSSR count). The zero-order valence-electron chi connectivity index (χ0n) is 17.4. The fourth-order valence-electron chi connectivity index (χ4n) is 2.81. The van der Waals surface area contributed by atoms with E-state index in [1.165, 1.54) is 6.08 Å². The molecule has 7 nitrogen and oxygen atoms in total. The summed E-state index contributed by atoms with van der Waals surface area (Å²) in [6, 6.07) is 16.8. The van der Waals surface area contributed by atoms with Crippen molar-refractivity contribution in [2.75, 3.05) is 13.7 Å². The third-order valence-electron chi connectivity index (χ3n) is 4.34. The Bertz CT molecular complexity index is 1230. The lowest BCUT2D eigenvalue weighted by Crippen LogP contribution is -2.49. The minimum atomic E-state index is -0.473. The maximum Gasteiger partial charge on any atom is 0.276 e. The molecular weight excluding hydrogens is 574 g/mol. The Kier molecular flexibility index (Phi) is 8.81. The minimum Gasteiger partial charge on any atom is -0.496 e. The fraction of sp³-hybridized carbons (Fsp3) is 0.0870. The Morgan fingerprint density at radius 3 is 2.61 bits per heavy atom. The van der Waals surface area contributed by atoms with Crippen LogP contribution in [-0.4, -0.2) is 30.6 Å². The van der Waals surface area contributed by atoms with E-state index in [1.807, 2.05) is 42.5 Å². The summed E-state index contributed by atoms with van der Waals surface area (Å²) in [5.74, 6) is 0.229. The molecule has 33 heavy (non-hydrogen) atoms. The topological polar surface area (TPSA) is 88.7 Å². The van der Waals surface area contributed by atoms with Gasteiger partial charge in [-0.3, -0.25) is 25.8 Å². The lowest BCUT2D eigenvalue weighted by molar-refractivity contribution is -0.123. The molecule has 0 spiro atoms. The van der Waals surface area contributed by atoms with E-state index in [0.29, 0.717) is 11.5 Å². The first-order valence-corrected chi connectivity index (χ1v) is 11.6. The smallest absolute Gasteiger partial charge is 0.276 e.